The summed E-state index contributed by atoms with van der Waals surface area (Å²) in [5.74, 6) is -2.09. The molecule has 3 amide bonds. The Morgan fingerprint density at radius 2 is 1.74 bits per heavy atom. The molecule has 226 valence electrons. The highest BCUT2D eigenvalue weighted by molar-refractivity contribution is 5.98. The molecule has 2 heterocycles. The lowest BCUT2D eigenvalue weighted by atomic mass is 9.78. The largest absolute Gasteiger partial charge is 0.478 e. The Hall–Kier alpha value is -4.02. The van der Waals surface area contributed by atoms with Crippen LogP contribution in [0.15, 0.2) is 48.7 Å². The van der Waals surface area contributed by atoms with Crippen molar-refractivity contribution in [1.82, 2.24) is 15.2 Å². The number of halogens is 1. The number of hydrogen-bond acceptors (Lipinski definition) is 6. The number of likely N-dealkylation sites (tertiary alicyclic amines) is 1. The van der Waals surface area contributed by atoms with Gasteiger partial charge in [0.2, 0.25) is 11.8 Å². The van der Waals surface area contributed by atoms with Gasteiger partial charge in [0.1, 0.15) is 24.1 Å². The number of hydrogen-bond donors (Lipinski definition) is 3. The van der Waals surface area contributed by atoms with E-state index in [4.69, 9.17) is 9.84 Å². The number of rotatable bonds is 8. The van der Waals surface area contributed by atoms with Crippen LogP contribution in [0.1, 0.15) is 74.7 Å². The first kappa shape index (κ1) is 30.9. The number of nitrogens with one attached hydrogen (secondary N) is 2. The summed E-state index contributed by atoms with van der Waals surface area (Å²) in [6, 6.07) is 10.9. The first-order chi connectivity index (χ1) is 20.0. The van der Waals surface area contributed by atoms with E-state index in [0.717, 1.165) is 5.56 Å². The fraction of sp³-hybridized carbons (Fsp3) is 0.516. The van der Waals surface area contributed by atoms with Gasteiger partial charge in [-0.25, -0.2) is 19.0 Å². The SMILES string of the molecule is CC(C)(C)OC(=O)NC(CF)[C@H]1CC[C@H](C(=O)N2CC[C@H](c3ccccc3)[C@H]2C(=O)Nc2ccc(C(=O)O)cn2)CC1. The number of benzene rings is 1. The van der Waals surface area contributed by atoms with Gasteiger partial charge >= 0.3 is 12.1 Å². The molecule has 3 N–H and O–H groups in total. The number of aromatic nitrogens is 1. The summed E-state index contributed by atoms with van der Waals surface area (Å²) in [7, 11) is 0. The third-order valence-electron chi connectivity index (χ3n) is 8.00. The summed E-state index contributed by atoms with van der Waals surface area (Å²) in [5, 5.41) is 14.6. The van der Waals surface area contributed by atoms with Gasteiger partial charge in [0.15, 0.2) is 0 Å². The van der Waals surface area contributed by atoms with Crippen molar-refractivity contribution in [3.8, 4) is 0 Å². The third-order valence-corrected chi connectivity index (χ3v) is 8.00. The molecule has 1 unspecified atom stereocenters. The Morgan fingerprint density at radius 3 is 2.31 bits per heavy atom. The first-order valence-electron chi connectivity index (χ1n) is 14.4. The van der Waals surface area contributed by atoms with Crippen molar-refractivity contribution in [2.75, 3.05) is 18.5 Å². The number of alkyl halides is 1. The number of carboxylic acids is 1. The smallest absolute Gasteiger partial charge is 0.407 e. The van der Waals surface area contributed by atoms with Gasteiger partial charge in [-0.2, -0.15) is 0 Å². The van der Waals surface area contributed by atoms with Crippen molar-refractivity contribution in [2.45, 2.75) is 76.5 Å². The summed E-state index contributed by atoms with van der Waals surface area (Å²) in [4.78, 5) is 56.6. The Bertz CT molecular complexity index is 1260. The quantitative estimate of drug-likeness (QED) is 0.408. The standard InChI is InChI=1S/C31H39FN4O6/c1-31(2,3)42-30(41)34-24(17-32)20-9-11-21(12-10-20)28(38)36-16-15-23(19-7-5-4-6-8-19)26(36)27(37)35-25-14-13-22(18-33-25)29(39)40/h4-8,13-14,18,20-21,23-24,26H,9-12,15-17H2,1-3H3,(H,34,41)(H,39,40)(H,33,35,37)/t20-,21-,23-,24?,26+/m1/s1. The van der Waals surface area contributed by atoms with Crippen molar-refractivity contribution >= 4 is 29.7 Å². The van der Waals surface area contributed by atoms with Crippen molar-refractivity contribution in [2.24, 2.45) is 11.8 Å². The number of nitrogens with zero attached hydrogens (tertiary/aromatic N) is 2. The highest BCUT2D eigenvalue weighted by Gasteiger charge is 2.45. The molecule has 0 radical (unpaired) electrons. The number of carbonyl (C=O) groups excluding carboxylic acids is 3. The molecular formula is C31H39FN4O6. The van der Waals surface area contributed by atoms with Crippen molar-refractivity contribution in [3.63, 3.8) is 0 Å². The molecule has 2 aliphatic rings. The monoisotopic (exact) mass is 582 g/mol. The van der Waals surface area contributed by atoms with Gasteiger partial charge < -0.3 is 25.4 Å². The number of aromatic carboxylic acids is 1. The number of amides is 3. The van der Waals surface area contributed by atoms with Crippen LogP contribution in [0.5, 0.6) is 0 Å². The number of ether oxygens (including phenoxy) is 1. The molecule has 42 heavy (non-hydrogen) atoms. The predicted molar refractivity (Wildman–Crippen MR) is 154 cm³/mol. The molecule has 1 aliphatic carbocycles. The molecule has 1 aromatic heterocycles. The Morgan fingerprint density at radius 1 is 1.05 bits per heavy atom. The number of carboxylic acid groups (broad SMARTS) is 1. The average molecular weight is 583 g/mol. The Kier molecular flexibility index (Phi) is 9.80. The van der Waals surface area contributed by atoms with Crippen LogP contribution in [0.2, 0.25) is 0 Å². The first-order valence-corrected chi connectivity index (χ1v) is 14.4. The third kappa shape index (κ3) is 7.63. The van der Waals surface area contributed by atoms with E-state index in [1.807, 2.05) is 30.3 Å². The topological polar surface area (TPSA) is 138 Å². The molecule has 0 bridgehead atoms. The van der Waals surface area contributed by atoms with Crippen LogP contribution in [0.25, 0.3) is 0 Å². The molecule has 4 rings (SSSR count). The average Bonchev–Trinajstić information content (AvgIpc) is 3.41. The van der Waals surface area contributed by atoms with Crippen molar-refractivity contribution in [1.29, 1.82) is 0 Å². The molecule has 2 fully saturated rings. The molecule has 1 aliphatic heterocycles. The van der Waals surface area contributed by atoms with E-state index >= 15 is 0 Å². The van der Waals surface area contributed by atoms with Crippen LogP contribution in [-0.4, -0.2) is 69.8 Å². The maximum Gasteiger partial charge on any atom is 0.407 e. The number of alkyl carbamates (subject to hydrolysis) is 1. The molecule has 11 heteroatoms. The summed E-state index contributed by atoms with van der Waals surface area (Å²) < 4.78 is 19.2. The maximum absolute atomic E-state index is 13.9. The zero-order valence-corrected chi connectivity index (χ0v) is 24.2. The van der Waals surface area contributed by atoms with E-state index < -0.39 is 42.3 Å². The van der Waals surface area contributed by atoms with E-state index in [1.165, 1.54) is 18.3 Å². The summed E-state index contributed by atoms with van der Waals surface area (Å²) >= 11 is 0. The number of anilines is 1. The summed E-state index contributed by atoms with van der Waals surface area (Å²) in [6.45, 7) is 4.92. The Balaban J connectivity index is 1.44. The van der Waals surface area contributed by atoms with Gasteiger partial charge in [0, 0.05) is 24.6 Å². The minimum absolute atomic E-state index is 0.000251. The second-order valence-corrected chi connectivity index (χ2v) is 12.0. The molecule has 1 saturated carbocycles. The summed E-state index contributed by atoms with van der Waals surface area (Å²) in [5.41, 5.74) is 0.257. The fourth-order valence-electron chi connectivity index (χ4n) is 5.95. The van der Waals surface area contributed by atoms with Gasteiger partial charge in [0.25, 0.3) is 0 Å². The normalized spacial score (nSPS) is 23.1. The van der Waals surface area contributed by atoms with Crippen LogP contribution < -0.4 is 10.6 Å². The highest BCUT2D eigenvalue weighted by atomic mass is 19.1. The fourth-order valence-corrected chi connectivity index (χ4v) is 5.95. The lowest BCUT2D eigenvalue weighted by Gasteiger charge is -2.36. The summed E-state index contributed by atoms with van der Waals surface area (Å²) in [6.07, 6.45) is 3.29. The van der Waals surface area contributed by atoms with Gasteiger partial charge in [0.05, 0.1) is 11.6 Å². The van der Waals surface area contributed by atoms with Crippen molar-refractivity contribution < 1.29 is 33.4 Å². The van der Waals surface area contributed by atoms with Gasteiger partial charge in [-0.15, -0.1) is 0 Å². The highest BCUT2D eigenvalue weighted by Crippen LogP contribution is 2.38. The van der Waals surface area contributed by atoms with E-state index in [-0.39, 0.29) is 35.0 Å². The van der Waals surface area contributed by atoms with Crippen LogP contribution in [-0.2, 0) is 14.3 Å². The van der Waals surface area contributed by atoms with Gasteiger partial charge in [-0.1, -0.05) is 30.3 Å². The molecule has 0 spiro atoms. The Labute approximate surface area is 245 Å². The molecule has 1 aromatic carbocycles. The molecule has 1 saturated heterocycles. The van der Waals surface area contributed by atoms with E-state index in [1.54, 1.807) is 25.7 Å². The molecule has 2 aromatic rings. The lowest BCUT2D eigenvalue weighted by molar-refractivity contribution is -0.141. The second kappa shape index (κ2) is 13.3. The molecule has 3 atom stereocenters. The van der Waals surface area contributed by atoms with Gasteiger partial charge in [-0.05, 0) is 76.5 Å². The molecular weight excluding hydrogens is 543 g/mol. The second-order valence-electron chi connectivity index (χ2n) is 12.0. The lowest BCUT2D eigenvalue weighted by Crippen LogP contribution is -2.49. The number of pyridine rings is 1. The number of carbonyl (C=O) groups is 4. The minimum atomic E-state index is -1.12. The van der Waals surface area contributed by atoms with Gasteiger partial charge in [-0.3, -0.25) is 9.59 Å². The van der Waals surface area contributed by atoms with Crippen LogP contribution in [0.4, 0.5) is 15.0 Å². The van der Waals surface area contributed by atoms with E-state index in [2.05, 4.69) is 15.6 Å². The van der Waals surface area contributed by atoms with E-state index in [0.29, 0.717) is 38.6 Å². The van der Waals surface area contributed by atoms with Crippen molar-refractivity contribution in [3.05, 3.63) is 59.8 Å². The van der Waals surface area contributed by atoms with Crippen LogP contribution >= 0.6 is 0 Å². The zero-order valence-electron chi connectivity index (χ0n) is 24.2. The predicted octanol–water partition coefficient (Wildman–Crippen LogP) is 4.77. The minimum Gasteiger partial charge on any atom is -0.478 e. The van der Waals surface area contributed by atoms with Crippen LogP contribution in [0.3, 0.4) is 0 Å². The zero-order chi connectivity index (χ0) is 30.4. The maximum atomic E-state index is 13.9. The van der Waals surface area contributed by atoms with E-state index in [9.17, 15) is 23.6 Å². The molecule has 10 nitrogen and oxygen atoms in total. The van der Waals surface area contributed by atoms with Crippen LogP contribution in [0, 0.1) is 11.8 Å².